The Kier molecular flexibility index (Phi) is 3.90. The average Bonchev–Trinajstić information content (AvgIpc) is 2.41. The highest BCUT2D eigenvalue weighted by Gasteiger charge is 2.12. The molecule has 2 aromatic rings. The maximum Gasteiger partial charge on any atom is 0.335 e. The topological polar surface area (TPSA) is 112 Å². The molecule has 7 nitrogen and oxygen atoms in total. The first-order chi connectivity index (χ1) is 9.56. The van der Waals surface area contributed by atoms with Crippen LogP contribution in [0.5, 0.6) is 0 Å². The Labute approximate surface area is 113 Å². The number of rotatable bonds is 4. The number of carboxylic acids is 1. The third kappa shape index (κ3) is 3.29. The molecule has 0 aliphatic heterocycles. The number of H-pyrrole nitrogens is 1. The van der Waals surface area contributed by atoms with Crippen molar-refractivity contribution in [2.45, 2.75) is 6.42 Å². The number of carbonyl (C=O) groups is 2. The number of aromatic carboxylic acids is 1. The smallest absolute Gasteiger partial charge is 0.335 e. The van der Waals surface area contributed by atoms with E-state index in [-0.39, 0.29) is 23.4 Å². The van der Waals surface area contributed by atoms with Crippen LogP contribution in [0.3, 0.4) is 0 Å². The van der Waals surface area contributed by atoms with Gasteiger partial charge in [0, 0.05) is 6.07 Å². The molecular formula is C13H11N3O4. The monoisotopic (exact) mass is 273 g/mol. The van der Waals surface area contributed by atoms with Crippen LogP contribution in [0, 0.1) is 0 Å². The SMILES string of the molecule is O=C(Cc1ccccc1C(=O)O)Nc1ccc(=O)[nH]n1. The van der Waals surface area contributed by atoms with E-state index in [1.54, 1.807) is 18.2 Å². The van der Waals surface area contributed by atoms with E-state index in [1.807, 2.05) is 0 Å². The van der Waals surface area contributed by atoms with Gasteiger partial charge in [-0.15, -0.1) is 0 Å². The first-order valence-electron chi connectivity index (χ1n) is 5.73. The molecule has 0 spiro atoms. The van der Waals surface area contributed by atoms with Crippen molar-refractivity contribution in [2.75, 3.05) is 5.32 Å². The van der Waals surface area contributed by atoms with Crippen LogP contribution in [0.2, 0.25) is 0 Å². The van der Waals surface area contributed by atoms with E-state index in [4.69, 9.17) is 5.11 Å². The van der Waals surface area contributed by atoms with Crippen molar-refractivity contribution in [1.29, 1.82) is 0 Å². The lowest BCUT2D eigenvalue weighted by Gasteiger charge is -2.06. The van der Waals surface area contributed by atoms with E-state index in [1.165, 1.54) is 18.2 Å². The van der Waals surface area contributed by atoms with Gasteiger partial charge in [-0.25, -0.2) is 9.89 Å². The molecule has 0 saturated heterocycles. The molecule has 1 amide bonds. The Morgan fingerprint density at radius 2 is 1.95 bits per heavy atom. The average molecular weight is 273 g/mol. The number of aromatic nitrogens is 2. The highest BCUT2D eigenvalue weighted by Crippen LogP contribution is 2.10. The van der Waals surface area contributed by atoms with Gasteiger partial charge in [-0.2, -0.15) is 5.10 Å². The summed E-state index contributed by atoms with van der Waals surface area (Å²) < 4.78 is 0. The molecule has 3 N–H and O–H groups in total. The molecule has 0 fully saturated rings. The quantitative estimate of drug-likeness (QED) is 0.757. The molecule has 20 heavy (non-hydrogen) atoms. The van der Waals surface area contributed by atoms with Gasteiger partial charge in [-0.3, -0.25) is 9.59 Å². The maximum atomic E-state index is 11.8. The number of nitrogens with one attached hydrogen (secondary N) is 2. The van der Waals surface area contributed by atoms with Crippen molar-refractivity contribution in [3.05, 3.63) is 57.9 Å². The number of aromatic amines is 1. The molecule has 1 aromatic heterocycles. The third-order valence-electron chi connectivity index (χ3n) is 2.55. The number of hydrogen-bond donors (Lipinski definition) is 3. The lowest BCUT2D eigenvalue weighted by atomic mass is 10.0. The molecule has 102 valence electrons. The van der Waals surface area contributed by atoms with Gasteiger partial charge in [-0.1, -0.05) is 18.2 Å². The summed E-state index contributed by atoms with van der Waals surface area (Å²) in [6, 6.07) is 8.85. The zero-order valence-electron chi connectivity index (χ0n) is 10.3. The standard InChI is InChI=1S/C13H11N3O4/c17-11-6-5-10(15-16-11)14-12(18)7-8-3-1-2-4-9(8)13(19)20/h1-6H,7H2,(H,16,17)(H,19,20)(H,14,15,18). The van der Waals surface area contributed by atoms with Gasteiger partial charge in [0.25, 0.3) is 5.56 Å². The lowest BCUT2D eigenvalue weighted by Crippen LogP contribution is -2.18. The van der Waals surface area contributed by atoms with Crippen LogP contribution in [0.25, 0.3) is 0 Å². The maximum absolute atomic E-state index is 11.8. The van der Waals surface area contributed by atoms with E-state index in [9.17, 15) is 14.4 Å². The molecule has 2 rings (SSSR count). The third-order valence-corrected chi connectivity index (χ3v) is 2.55. The minimum atomic E-state index is -1.09. The lowest BCUT2D eigenvalue weighted by molar-refractivity contribution is -0.115. The zero-order valence-corrected chi connectivity index (χ0v) is 10.3. The van der Waals surface area contributed by atoms with Crippen molar-refractivity contribution in [3.8, 4) is 0 Å². The fourth-order valence-corrected chi connectivity index (χ4v) is 1.66. The van der Waals surface area contributed by atoms with Gasteiger partial charge < -0.3 is 10.4 Å². The van der Waals surface area contributed by atoms with E-state index in [0.29, 0.717) is 5.56 Å². The summed E-state index contributed by atoms with van der Waals surface area (Å²) in [6.45, 7) is 0. The molecule has 7 heteroatoms. The zero-order chi connectivity index (χ0) is 14.5. The van der Waals surface area contributed by atoms with Crippen LogP contribution in [0.4, 0.5) is 5.82 Å². The number of amides is 1. The summed E-state index contributed by atoms with van der Waals surface area (Å²) >= 11 is 0. The fraction of sp³-hybridized carbons (Fsp3) is 0.0769. The minimum Gasteiger partial charge on any atom is -0.478 e. The van der Waals surface area contributed by atoms with Crippen molar-refractivity contribution in [1.82, 2.24) is 10.2 Å². The predicted octanol–water partition coefficient (Wildman–Crippen LogP) is 0.649. The number of benzene rings is 1. The van der Waals surface area contributed by atoms with Gasteiger partial charge in [0.1, 0.15) is 0 Å². The van der Waals surface area contributed by atoms with E-state index in [2.05, 4.69) is 15.5 Å². The molecular weight excluding hydrogens is 262 g/mol. The van der Waals surface area contributed by atoms with Gasteiger partial charge in [0.2, 0.25) is 5.91 Å². The van der Waals surface area contributed by atoms with Crippen molar-refractivity contribution >= 4 is 17.7 Å². The Morgan fingerprint density at radius 1 is 1.20 bits per heavy atom. The Balaban J connectivity index is 2.10. The molecule has 0 atom stereocenters. The summed E-state index contributed by atoms with van der Waals surface area (Å²) in [4.78, 5) is 33.6. The normalized spacial score (nSPS) is 10.0. The van der Waals surface area contributed by atoms with Crippen LogP contribution >= 0.6 is 0 Å². The van der Waals surface area contributed by atoms with Crippen LogP contribution in [0.15, 0.2) is 41.2 Å². The second-order valence-electron chi connectivity index (χ2n) is 3.99. The molecule has 0 radical (unpaired) electrons. The number of carbonyl (C=O) groups excluding carboxylic acids is 1. The highest BCUT2D eigenvalue weighted by molar-refractivity contribution is 5.95. The molecule has 0 saturated carbocycles. The Bertz CT molecular complexity index is 688. The molecule has 0 aliphatic carbocycles. The summed E-state index contributed by atoms with van der Waals surface area (Å²) in [6.07, 6.45) is -0.0940. The predicted molar refractivity (Wildman–Crippen MR) is 70.6 cm³/mol. The van der Waals surface area contributed by atoms with Crippen LogP contribution in [-0.2, 0) is 11.2 Å². The largest absolute Gasteiger partial charge is 0.478 e. The molecule has 1 aromatic carbocycles. The van der Waals surface area contributed by atoms with E-state index < -0.39 is 11.9 Å². The number of anilines is 1. The molecule has 0 bridgehead atoms. The summed E-state index contributed by atoms with van der Waals surface area (Å²) in [7, 11) is 0. The van der Waals surface area contributed by atoms with Crippen LogP contribution in [-0.4, -0.2) is 27.2 Å². The van der Waals surface area contributed by atoms with Crippen molar-refractivity contribution in [2.24, 2.45) is 0 Å². The van der Waals surface area contributed by atoms with Crippen LogP contribution in [0.1, 0.15) is 15.9 Å². The van der Waals surface area contributed by atoms with Crippen molar-refractivity contribution < 1.29 is 14.7 Å². The fourth-order valence-electron chi connectivity index (χ4n) is 1.66. The first kappa shape index (κ1) is 13.5. The van der Waals surface area contributed by atoms with Gasteiger partial charge >= 0.3 is 5.97 Å². The minimum absolute atomic E-state index is 0.0806. The van der Waals surface area contributed by atoms with E-state index in [0.717, 1.165) is 0 Å². The van der Waals surface area contributed by atoms with Crippen LogP contribution < -0.4 is 10.9 Å². The molecule has 0 aliphatic rings. The van der Waals surface area contributed by atoms with Gasteiger partial charge in [-0.05, 0) is 17.7 Å². The Hall–Kier alpha value is -2.96. The number of nitrogens with zero attached hydrogens (tertiary/aromatic N) is 1. The number of carboxylic acid groups (broad SMARTS) is 1. The van der Waals surface area contributed by atoms with Gasteiger partial charge in [0.05, 0.1) is 12.0 Å². The Morgan fingerprint density at radius 3 is 2.60 bits per heavy atom. The van der Waals surface area contributed by atoms with Gasteiger partial charge in [0.15, 0.2) is 5.82 Å². The number of hydrogen-bond acceptors (Lipinski definition) is 4. The summed E-state index contributed by atoms with van der Waals surface area (Å²) in [5.41, 5.74) is 0.109. The van der Waals surface area contributed by atoms with Crippen molar-refractivity contribution in [3.63, 3.8) is 0 Å². The molecule has 1 heterocycles. The highest BCUT2D eigenvalue weighted by atomic mass is 16.4. The second kappa shape index (κ2) is 5.79. The summed E-state index contributed by atoms with van der Waals surface area (Å²) in [5, 5.41) is 17.3. The molecule has 0 unspecified atom stereocenters. The summed E-state index contributed by atoms with van der Waals surface area (Å²) in [5.74, 6) is -1.31. The first-order valence-corrected chi connectivity index (χ1v) is 5.73. The second-order valence-corrected chi connectivity index (χ2v) is 3.99. The van der Waals surface area contributed by atoms with E-state index >= 15 is 0 Å².